The van der Waals surface area contributed by atoms with Gasteiger partial charge in [-0.05, 0) is 38.7 Å². The normalized spacial score (nSPS) is 26.9. The highest BCUT2D eigenvalue weighted by Crippen LogP contribution is 2.46. The molecule has 3 aliphatic rings. The Labute approximate surface area is 168 Å². The van der Waals surface area contributed by atoms with Crippen molar-refractivity contribution < 1.29 is 14.4 Å². The summed E-state index contributed by atoms with van der Waals surface area (Å²) in [6, 6.07) is 0.331. The van der Waals surface area contributed by atoms with Crippen LogP contribution in [0.25, 0.3) is 16.7 Å². The predicted molar refractivity (Wildman–Crippen MR) is 108 cm³/mol. The van der Waals surface area contributed by atoms with Gasteiger partial charge in [-0.1, -0.05) is 0 Å². The lowest BCUT2D eigenvalue weighted by molar-refractivity contribution is -0.144. The van der Waals surface area contributed by atoms with Gasteiger partial charge in [0.1, 0.15) is 5.60 Å². The molecule has 0 bridgehead atoms. The number of carbonyl (C=O) groups excluding carboxylic acids is 1. The monoisotopic (exact) mass is 398 g/mol. The van der Waals surface area contributed by atoms with E-state index in [0.717, 1.165) is 60.6 Å². The van der Waals surface area contributed by atoms with Crippen molar-refractivity contribution in [3.05, 3.63) is 24.0 Å². The van der Waals surface area contributed by atoms with Gasteiger partial charge in [-0.25, -0.2) is 9.67 Å². The van der Waals surface area contributed by atoms with Gasteiger partial charge in [0, 0.05) is 43.5 Å². The van der Waals surface area contributed by atoms with Gasteiger partial charge in [0.25, 0.3) is 0 Å². The van der Waals surface area contributed by atoms with E-state index in [1.807, 2.05) is 17.1 Å². The van der Waals surface area contributed by atoms with Crippen molar-refractivity contribution in [3.8, 4) is 0 Å². The number of hydrogen-bond donors (Lipinski definition) is 3. The van der Waals surface area contributed by atoms with Crippen LogP contribution in [0.1, 0.15) is 38.2 Å². The summed E-state index contributed by atoms with van der Waals surface area (Å²) in [5, 5.41) is 9.19. The maximum absolute atomic E-state index is 11.4. The Balaban J connectivity index is 1.51. The fourth-order valence-electron chi connectivity index (χ4n) is 4.45. The van der Waals surface area contributed by atoms with Crippen LogP contribution in [0, 0.1) is 5.92 Å². The summed E-state index contributed by atoms with van der Waals surface area (Å²) in [5.41, 5.74) is 11.7. The molecule has 2 fully saturated rings. The van der Waals surface area contributed by atoms with Crippen molar-refractivity contribution in [1.29, 1.82) is 0 Å². The topological polar surface area (TPSA) is 116 Å². The van der Waals surface area contributed by atoms with Crippen LogP contribution in [0.3, 0.4) is 0 Å². The van der Waals surface area contributed by atoms with E-state index in [9.17, 15) is 4.79 Å². The van der Waals surface area contributed by atoms with Gasteiger partial charge in [-0.3, -0.25) is 15.1 Å². The molecule has 9 nitrogen and oxygen atoms in total. The van der Waals surface area contributed by atoms with Crippen molar-refractivity contribution in [2.75, 3.05) is 18.5 Å². The van der Waals surface area contributed by atoms with Crippen LogP contribution in [-0.4, -0.2) is 45.5 Å². The lowest BCUT2D eigenvalue weighted by Gasteiger charge is -2.39. The third-order valence-electron chi connectivity index (χ3n) is 6.18. The molecule has 2 aromatic rings. The van der Waals surface area contributed by atoms with Crippen LogP contribution >= 0.6 is 0 Å². The first kappa shape index (κ1) is 18.4. The first-order valence-electron chi connectivity index (χ1n) is 10.2. The molecule has 1 amide bonds. The standard InChI is InChI=1S/C20H26N6O3/c1-2-26-19-15(11-23-26)17(24-13-3-5-28-6-4-13)14(10-22-19)16-9-20(29-25-16)7-12(8-20)18(21)27/h9-13,25H,2-8H2,1H3,(H2,21,27)(H,22,24). The quantitative estimate of drug-likeness (QED) is 0.700. The molecule has 0 radical (unpaired) electrons. The Morgan fingerprint density at radius 3 is 2.90 bits per heavy atom. The highest BCUT2D eigenvalue weighted by atomic mass is 16.7. The number of nitrogens with zero attached hydrogens (tertiary/aromatic N) is 3. The maximum atomic E-state index is 11.4. The Kier molecular flexibility index (Phi) is 4.44. The van der Waals surface area contributed by atoms with Gasteiger partial charge >= 0.3 is 0 Å². The number of anilines is 1. The van der Waals surface area contributed by atoms with Crippen LogP contribution in [0.15, 0.2) is 18.5 Å². The zero-order valence-corrected chi connectivity index (χ0v) is 16.5. The van der Waals surface area contributed by atoms with Crippen LogP contribution in [-0.2, 0) is 20.9 Å². The molecule has 4 N–H and O–H groups in total. The Hall–Kier alpha value is -2.65. The predicted octanol–water partition coefficient (Wildman–Crippen LogP) is 1.55. The fourth-order valence-corrected chi connectivity index (χ4v) is 4.45. The van der Waals surface area contributed by atoms with Gasteiger partial charge in [-0.2, -0.15) is 5.10 Å². The number of rotatable bonds is 5. The molecule has 154 valence electrons. The second-order valence-electron chi connectivity index (χ2n) is 8.11. The molecule has 1 spiro atoms. The highest BCUT2D eigenvalue weighted by Gasteiger charge is 2.50. The third-order valence-corrected chi connectivity index (χ3v) is 6.18. The highest BCUT2D eigenvalue weighted by molar-refractivity contribution is 5.96. The van der Waals surface area contributed by atoms with E-state index in [1.54, 1.807) is 0 Å². The zero-order chi connectivity index (χ0) is 20.0. The summed E-state index contributed by atoms with van der Waals surface area (Å²) in [4.78, 5) is 21.9. The Bertz CT molecular complexity index is 972. The number of ether oxygens (including phenoxy) is 1. The lowest BCUT2D eigenvalue weighted by atomic mass is 9.70. The number of primary amides is 1. The average molecular weight is 398 g/mol. The van der Waals surface area contributed by atoms with E-state index in [2.05, 4.69) is 33.9 Å². The van der Waals surface area contributed by atoms with Crippen LogP contribution in [0.5, 0.6) is 0 Å². The molecule has 9 heteroatoms. The summed E-state index contributed by atoms with van der Waals surface area (Å²) < 4.78 is 7.40. The molecule has 0 atom stereocenters. The van der Waals surface area contributed by atoms with E-state index in [-0.39, 0.29) is 11.8 Å². The molecule has 4 heterocycles. The molecule has 29 heavy (non-hydrogen) atoms. The summed E-state index contributed by atoms with van der Waals surface area (Å²) in [7, 11) is 0. The number of hydrogen-bond acceptors (Lipinski definition) is 7. The Morgan fingerprint density at radius 2 is 2.17 bits per heavy atom. The van der Waals surface area contributed by atoms with E-state index in [0.29, 0.717) is 18.9 Å². The molecular weight excluding hydrogens is 372 g/mol. The first-order chi connectivity index (χ1) is 14.1. The maximum Gasteiger partial charge on any atom is 0.220 e. The number of amides is 1. The van der Waals surface area contributed by atoms with Crippen LogP contribution in [0.2, 0.25) is 0 Å². The largest absolute Gasteiger partial charge is 0.381 e. The van der Waals surface area contributed by atoms with E-state index in [4.69, 9.17) is 15.3 Å². The summed E-state index contributed by atoms with van der Waals surface area (Å²) in [6.07, 6.45) is 8.92. The molecular formula is C20H26N6O3. The summed E-state index contributed by atoms with van der Waals surface area (Å²) >= 11 is 0. The molecule has 1 aliphatic carbocycles. The van der Waals surface area contributed by atoms with Gasteiger partial charge < -0.3 is 15.8 Å². The molecule has 2 aromatic heterocycles. The van der Waals surface area contributed by atoms with E-state index >= 15 is 0 Å². The Morgan fingerprint density at radius 1 is 1.38 bits per heavy atom. The average Bonchev–Trinajstić information content (AvgIpc) is 3.32. The van der Waals surface area contributed by atoms with Crippen LogP contribution in [0.4, 0.5) is 5.69 Å². The van der Waals surface area contributed by atoms with E-state index < -0.39 is 5.60 Å². The third kappa shape index (κ3) is 3.14. The minimum atomic E-state index is -0.465. The molecule has 1 saturated carbocycles. The van der Waals surface area contributed by atoms with E-state index in [1.165, 1.54) is 0 Å². The minimum Gasteiger partial charge on any atom is -0.381 e. The number of aryl methyl sites for hydroxylation is 1. The van der Waals surface area contributed by atoms with Crippen molar-refractivity contribution in [1.82, 2.24) is 20.2 Å². The molecule has 5 rings (SSSR count). The number of hydroxylamine groups is 1. The molecule has 1 saturated heterocycles. The van der Waals surface area contributed by atoms with Crippen molar-refractivity contribution in [2.24, 2.45) is 11.7 Å². The lowest BCUT2D eigenvalue weighted by Crippen LogP contribution is -2.48. The number of nitrogens with one attached hydrogen (secondary N) is 2. The number of aromatic nitrogens is 3. The van der Waals surface area contributed by atoms with Gasteiger partial charge in [0.2, 0.25) is 5.91 Å². The van der Waals surface area contributed by atoms with Crippen LogP contribution < -0.4 is 16.5 Å². The number of fused-ring (bicyclic) bond motifs is 1. The summed E-state index contributed by atoms with van der Waals surface area (Å²) in [6.45, 7) is 4.33. The number of carbonyl (C=O) groups is 1. The van der Waals surface area contributed by atoms with Crippen molar-refractivity contribution in [2.45, 2.75) is 50.8 Å². The fraction of sp³-hybridized carbons (Fsp3) is 0.550. The SMILES string of the molecule is CCn1ncc2c(NC3CCOCC3)c(C3=CC4(CC(C(N)=O)C4)ON3)cnc21. The summed E-state index contributed by atoms with van der Waals surface area (Å²) in [5.74, 6) is -0.395. The second-order valence-corrected chi connectivity index (χ2v) is 8.11. The van der Waals surface area contributed by atoms with Crippen molar-refractivity contribution in [3.63, 3.8) is 0 Å². The van der Waals surface area contributed by atoms with Gasteiger partial charge in [0.05, 0.1) is 23.0 Å². The molecule has 0 unspecified atom stereocenters. The zero-order valence-electron chi connectivity index (χ0n) is 16.5. The smallest absolute Gasteiger partial charge is 0.220 e. The van der Waals surface area contributed by atoms with Gasteiger partial charge in [0.15, 0.2) is 5.65 Å². The van der Waals surface area contributed by atoms with Crippen molar-refractivity contribution >= 4 is 28.3 Å². The number of nitrogens with two attached hydrogens (primary N) is 1. The van der Waals surface area contributed by atoms with Gasteiger partial charge in [-0.15, -0.1) is 0 Å². The molecule has 2 aliphatic heterocycles. The second kappa shape index (κ2) is 7.00. The minimum absolute atomic E-state index is 0.129. The first-order valence-corrected chi connectivity index (χ1v) is 10.2. The number of pyridine rings is 1. The molecule has 0 aromatic carbocycles.